The second kappa shape index (κ2) is 10.2. The topological polar surface area (TPSA) is 122 Å². The Morgan fingerprint density at radius 3 is 2.58 bits per heavy atom. The second-order valence-electron chi connectivity index (χ2n) is 7.87. The van der Waals surface area contributed by atoms with Gasteiger partial charge in [0.1, 0.15) is 29.7 Å². The Bertz CT molecular complexity index is 1190. The van der Waals surface area contributed by atoms with E-state index >= 15 is 0 Å². The van der Waals surface area contributed by atoms with Gasteiger partial charge in [-0.25, -0.2) is 9.78 Å². The standard InChI is InChI=1S/C24H28N4O5/c1-5-14(2)20(24(31)32)27-23(30)16-10-11-28-18(12-16)26-21(17-9-7-6-8-15(17)3)22(28)25-13-19(29)33-4/h6-12,14,20,25H,5,13H2,1-4H3,(H,27,30)(H,31,32). The van der Waals surface area contributed by atoms with Crippen molar-refractivity contribution in [3.05, 3.63) is 53.7 Å². The van der Waals surface area contributed by atoms with E-state index in [1.807, 2.05) is 38.1 Å². The van der Waals surface area contributed by atoms with Crippen LogP contribution in [0.3, 0.4) is 0 Å². The number of nitrogens with one attached hydrogen (secondary N) is 2. The molecule has 0 aliphatic rings. The van der Waals surface area contributed by atoms with Gasteiger partial charge in [0.05, 0.1) is 7.11 Å². The number of aromatic nitrogens is 2. The van der Waals surface area contributed by atoms with Crippen LogP contribution in [0.1, 0.15) is 36.2 Å². The van der Waals surface area contributed by atoms with E-state index < -0.39 is 23.9 Å². The number of aliphatic carboxylic acids is 1. The molecule has 3 rings (SSSR count). The van der Waals surface area contributed by atoms with Gasteiger partial charge in [0.2, 0.25) is 0 Å². The number of carboxylic acids is 1. The average Bonchev–Trinajstić information content (AvgIpc) is 3.17. The summed E-state index contributed by atoms with van der Waals surface area (Å²) in [4.78, 5) is 40.8. The zero-order valence-electron chi connectivity index (χ0n) is 19.1. The third kappa shape index (κ3) is 5.14. The van der Waals surface area contributed by atoms with Crippen LogP contribution < -0.4 is 10.6 Å². The van der Waals surface area contributed by atoms with Crippen molar-refractivity contribution in [2.24, 2.45) is 5.92 Å². The third-order valence-corrected chi connectivity index (χ3v) is 5.68. The number of pyridine rings is 1. The zero-order valence-corrected chi connectivity index (χ0v) is 19.1. The Morgan fingerprint density at radius 2 is 1.94 bits per heavy atom. The fourth-order valence-electron chi connectivity index (χ4n) is 3.52. The van der Waals surface area contributed by atoms with Crippen LogP contribution in [0.5, 0.6) is 0 Å². The minimum Gasteiger partial charge on any atom is -0.480 e. The van der Waals surface area contributed by atoms with Gasteiger partial charge in [-0.1, -0.05) is 44.5 Å². The molecule has 3 aromatic rings. The number of ether oxygens (including phenoxy) is 1. The van der Waals surface area contributed by atoms with Crippen molar-refractivity contribution in [1.29, 1.82) is 0 Å². The van der Waals surface area contributed by atoms with Gasteiger partial charge in [-0.2, -0.15) is 0 Å². The Balaban J connectivity index is 2.02. The minimum atomic E-state index is -1.07. The first-order chi connectivity index (χ1) is 15.8. The van der Waals surface area contributed by atoms with Gasteiger partial charge in [0, 0.05) is 17.3 Å². The highest BCUT2D eigenvalue weighted by molar-refractivity contribution is 5.97. The Kier molecular flexibility index (Phi) is 7.32. The van der Waals surface area contributed by atoms with E-state index in [2.05, 4.69) is 10.6 Å². The largest absolute Gasteiger partial charge is 0.480 e. The maximum absolute atomic E-state index is 12.8. The molecule has 1 aromatic carbocycles. The maximum Gasteiger partial charge on any atom is 0.326 e. The van der Waals surface area contributed by atoms with Crippen LogP contribution in [0.4, 0.5) is 5.82 Å². The minimum absolute atomic E-state index is 0.0550. The van der Waals surface area contributed by atoms with Gasteiger partial charge in [0.25, 0.3) is 5.91 Å². The second-order valence-corrected chi connectivity index (χ2v) is 7.87. The van der Waals surface area contributed by atoms with E-state index in [1.165, 1.54) is 7.11 Å². The number of hydrogen-bond donors (Lipinski definition) is 3. The number of esters is 1. The van der Waals surface area contributed by atoms with Crippen molar-refractivity contribution in [3.8, 4) is 11.3 Å². The maximum atomic E-state index is 12.8. The van der Waals surface area contributed by atoms with Gasteiger partial charge < -0.3 is 20.5 Å². The molecule has 174 valence electrons. The van der Waals surface area contributed by atoms with Crippen molar-refractivity contribution in [3.63, 3.8) is 0 Å². The molecular formula is C24H28N4O5. The SMILES string of the molecule is CCC(C)C(NC(=O)c1ccn2c(NCC(=O)OC)c(-c3ccccc3C)nc2c1)C(=O)O. The number of rotatable bonds is 9. The number of methoxy groups -OCH3 is 1. The normalized spacial score (nSPS) is 12.7. The monoisotopic (exact) mass is 452 g/mol. The number of carbonyl (C=O) groups is 3. The van der Waals surface area contributed by atoms with Crippen molar-refractivity contribution in [2.75, 3.05) is 19.0 Å². The number of imidazole rings is 1. The molecule has 9 nitrogen and oxygen atoms in total. The summed E-state index contributed by atoms with van der Waals surface area (Å²) >= 11 is 0. The van der Waals surface area contributed by atoms with E-state index in [-0.39, 0.29) is 18.0 Å². The molecule has 1 amide bonds. The number of benzene rings is 1. The molecule has 2 aromatic heterocycles. The zero-order chi connectivity index (χ0) is 24.1. The Morgan fingerprint density at radius 1 is 1.21 bits per heavy atom. The summed E-state index contributed by atoms with van der Waals surface area (Å²) in [6, 6.07) is 9.91. The van der Waals surface area contributed by atoms with E-state index in [1.54, 1.807) is 29.7 Å². The van der Waals surface area contributed by atoms with Gasteiger partial charge in [-0.05, 0) is 30.5 Å². The fourth-order valence-corrected chi connectivity index (χ4v) is 3.52. The van der Waals surface area contributed by atoms with E-state index in [4.69, 9.17) is 9.72 Å². The smallest absolute Gasteiger partial charge is 0.326 e. The summed E-state index contributed by atoms with van der Waals surface area (Å²) in [7, 11) is 1.31. The number of aryl methyl sites for hydroxylation is 1. The number of nitrogens with zero attached hydrogens (tertiary/aromatic N) is 2. The predicted molar refractivity (Wildman–Crippen MR) is 124 cm³/mol. The Labute approximate surface area is 191 Å². The lowest BCUT2D eigenvalue weighted by Crippen LogP contribution is -2.45. The molecule has 0 aliphatic heterocycles. The van der Waals surface area contributed by atoms with Crippen molar-refractivity contribution in [1.82, 2.24) is 14.7 Å². The van der Waals surface area contributed by atoms with Crippen LogP contribution in [0.25, 0.3) is 16.9 Å². The lowest BCUT2D eigenvalue weighted by molar-refractivity contribution is -0.140. The first-order valence-electron chi connectivity index (χ1n) is 10.7. The first-order valence-corrected chi connectivity index (χ1v) is 10.7. The van der Waals surface area contributed by atoms with Crippen LogP contribution in [0, 0.1) is 12.8 Å². The summed E-state index contributed by atoms with van der Waals surface area (Å²) in [5.74, 6) is -1.63. The van der Waals surface area contributed by atoms with Crippen molar-refractivity contribution >= 4 is 29.3 Å². The fraction of sp³-hybridized carbons (Fsp3) is 0.333. The molecule has 3 N–H and O–H groups in total. The predicted octanol–water partition coefficient (Wildman–Crippen LogP) is 3.12. The van der Waals surface area contributed by atoms with Gasteiger partial charge in [-0.3, -0.25) is 14.0 Å². The summed E-state index contributed by atoms with van der Waals surface area (Å²) in [5.41, 5.74) is 3.26. The average molecular weight is 453 g/mol. The molecule has 2 heterocycles. The van der Waals surface area contributed by atoms with Crippen LogP contribution in [-0.4, -0.2) is 52.0 Å². The number of carboxylic acid groups (broad SMARTS) is 1. The molecule has 0 fully saturated rings. The van der Waals surface area contributed by atoms with Crippen LogP contribution in [-0.2, 0) is 14.3 Å². The van der Waals surface area contributed by atoms with Crippen molar-refractivity contribution in [2.45, 2.75) is 33.2 Å². The van der Waals surface area contributed by atoms with E-state index in [0.717, 1.165) is 11.1 Å². The summed E-state index contributed by atoms with van der Waals surface area (Å²) in [5, 5.41) is 15.2. The highest BCUT2D eigenvalue weighted by Gasteiger charge is 2.26. The quantitative estimate of drug-likeness (QED) is 0.426. The molecule has 9 heteroatoms. The van der Waals surface area contributed by atoms with Crippen LogP contribution in [0.15, 0.2) is 42.6 Å². The van der Waals surface area contributed by atoms with E-state index in [9.17, 15) is 19.5 Å². The molecule has 0 bridgehead atoms. The highest BCUT2D eigenvalue weighted by atomic mass is 16.5. The number of amides is 1. The molecule has 33 heavy (non-hydrogen) atoms. The number of carbonyl (C=O) groups excluding carboxylic acids is 2. The molecule has 0 spiro atoms. The van der Waals surface area contributed by atoms with Gasteiger partial charge in [-0.15, -0.1) is 0 Å². The van der Waals surface area contributed by atoms with Crippen LogP contribution in [0.2, 0.25) is 0 Å². The molecule has 0 aliphatic carbocycles. The molecule has 2 atom stereocenters. The molecule has 2 unspecified atom stereocenters. The third-order valence-electron chi connectivity index (χ3n) is 5.68. The summed E-state index contributed by atoms with van der Waals surface area (Å²) in [6.45, 7) is 5.56. The van der Waals surface area contributed by atoms with E-state index in [0.29, 0.717) is 23.6 Å². The molecular weight excluding hydrogens is 424 g/mol. The molecule has 0 radical (unpaired) electrons. The number of anilines is 1. The summed E-state index contributed by atoms with van der Waals surface area (Å²) < 4.78 is 6.47. The number of fused-ring (bicyclic) bond motifs is 1. The highest BCUT2D eigenvalue weighted by Crippen LogP contribution is 2.31. The van der Waals surface area contributed by atoms with Crippen molar-refractivity contribution < 1.29 is 24.2 Å². The van der Waals surface area contributed by atoms with Gasteiger partial charge in [0.15, 0.2) is 0 Å². The van der Waals surface area contributed by atoms with Crippen LogP contribution >= 0.6 is 0 Å². The summed E-state index contributed by atoms with van der Waals surface area (Å²) in [6.07, 6.45) is 2.28. The first kappa shape index (κ1) is 23.8. The van der Waals surface area contributed by atoms with Gasteiger partial charge >= 0.3 is 11.9 Å². The molecule has 0 saturated heterocycles. The lowest BCUT2D eigenvalue weighted by atomic mass is 9.99. The Hall–Kier alpha value is -3.88. The number of hydrogen-bond acceptors (Lipinski definition) is 6. The molecule has 0 saturated carbocycles. The lowest BCUT2D eigenvalue weighted by Gasteiger charge is -2.20.